The van der Waals surface area contributed by atoms with E-state index in [1.54, 1.807) is 37.4 Å². The molecule has 0 unspecified atom stereocenters. The molecular weight excluding hydrogens is 284 g/mol. The van der Waals surface area contributed by atoms with Crippen LogP contribution in [0.5, 0.6) is 0 Å². The fraction of sp³-hybridized carbons (Fsp3) is 0.250. The fourth-order valence-electron chi connectivity index (χ4n) is 2.20. The Balaban J connectivity index is 2.43. The van der Waals surface area contributed by atoms with Crippen LogP contribution >= 0.6 is 0 Å². The Kier molecular flexibility index (Phi) is 4.53. The summed E-state index contributed by atoms with van der Waals surface area (Å²) in [6.07, 6.45) is 0. The van der Waals surface area contributed by atoms with E-state index < -0.39 is 10.0 Å². The Morgan fingerprint density at radius 2 is 1.48 bits per heavy atom. The lowest BCUT2D eigenvalue weighted by atomic mass is 10.0. The molecule has 0 radical (unpaired) electrons. The van der Waals surface area contributed by atoms with E-state index in [9.17, 15) is 8.42 Å². The van der Waals surface area contributed by atoms with Gasteiger partial charge in [0, 0.05) is 7.05 Å². The smallest absolute Gasteiger partial charge is 0.263 e. The molecule has 0 saturated carbocycles. The molecule has 0 aliphatic rings. The second-order valence-corrected chi connectivity index (χ2v) is 6.74. The van der Waals surface area contributed by atoms with Crippen molar-refractivity contribution in [3.05, 3.63) is 54.1 Å². The molecule has 0 amide bonds. The minimum Gasteiger partial charge on any atom is -0.387 e. The van der Waals surface area contributed by atoms with Gasteiger partial charge in [-0.2, -0.15) is 0 Å². The van der Waals surface area contributed by atoms with Crippen molar-refractivity contribution in [2.45, 2.75) is 24.7 Å². The predicted octanol–water partition coefficient (Wildman–Crippen LogP) is 3.65. The molecule has 5 heteroatoms. The number of hydrogen-bond donors (Lipinski definition) is 2. The molecule has 2 aromatic carbocycles. The van der Waals surface area contributed by atoms with Crippen molar-refractivity contribution in [3.63, 3.8) is 0 Å². The second kappa shape index (κ2) is 6.18. The van der Waals surface area contributed by atoms with E-state index in [1.807, 2.05) is 32.0 Å². The lowest BCUT2D eigenvalue weighted by molar-refractivity contribution is 0.601. The van der Waals surface area contributed by atoms with Gasteiger partial charge >= 0.3 is 0 Å². The average Bonchev–Trinajstić information content (AvgIpc) is 2.47. The summed E-state index contributed by atoms with van der Waals surface area (Å²) in [5, 5.41) is 2.91. The van der Waals surface area contributed by atoms with E-state index in [0.29, 0.717) is 11.4 Å². The number of para-hydroxylation sites is 2. The van der Waals surface area contributed by atoms with Gasteiger partial charge in [-0.15, -0.1) is 0 Å². The fourth-order valence-corrected chi connectivity index (χ4v) is 3.50. The molecule has 0 spiro atoms. The third-order valence-corrected chi connectivity index (χ3v) is 4.70. The highest BCUT2D eigenvalue weighted by Gasteiger charge is 2.19. The quantitative estimate of drug-likeness (QED) is 0.886. The van der Waals surface area contributed by atoms with Gasteiger partial charge < -0.3 is 5.32 Å². The van der Waals surface area contributed by atoms with E-state index in [2.05, 4.69) is 10.0 Å². The topological polar surface area (TPSA) is 58.2 Å². The van der Waals surface area contributed by atoms with Crippen molar-refractivity contribution < 1.29 is 8.42 Å². The molecule has 0 saturated heterocycles. The molecule has 0 atom stereocenters. The second-order valence-electron chi connectivity index (χ2n) is 5.09. The van der Waals surface area contributed by atoms with E-state index in [-0.39, 0.29) is 10.8 Å². The van der Waals surface area contributed by atoms with Crippen LogP contribution in [0.2, 0.25) is 0 Å². The molecule has 0 aliphatic heterocycles. The molecular formula is C16H20N2O2S. The first-order valence-electron chi connectivity index (χ1n) is 6.84. The molecule has 21 heavy (non-hydrogen) atoms. The molecule has 0 fully saturated rings. The molecule has 0 aliphatic carbocycles. The lowest BCUT2D eigenvalue weighted by Gasteiger charge is -2.16. The van der Waals surface area contributed by atoms with Gasteiger partial charge in [-0.3, -0.25) is 4.72 Å². The van der Waals surface area contributed by atoms with Gasteiger partial charge in [0.1, 0.15) is 4.90 Å². The number of nitrogens with one attached hydrogen (secondary N) is 2. The predicted molar refractivity (Wildman–Crippen MR) is 87.3 cm³/mol. The van der Waals surface area contributed by atoms with Gasteiger partial charge in [-0.1, -0.05) is 44.2 Å². The van der Waals surface area contributed by atoms with Gasteiger partial charge in [0.2, 0.25) is 0 Å². The van der Waals surface area contributed by atoms with E-state index in [0.717, 1.165) is 5.56 Å². The van der Waals surface area contributed by atoms with Gasteiger partial charge in [0.15, 0.2) is 0 Å². The maximum absolute atomic E-state index is 12.6. The Morgan fingerprint density at radius 1 is 0.905 bits per heavy atom. The third-order valence-electron chi connectivity index (χ3n) is 3.27. The van der Waals surface area contributed by atoms with Gasteiger partial charge in [-0.25, -0.2) is 8.42 Å². The molecule has 2 N–H and O–H groups in total. The molecule has 2 aromatic rings. The van der Waals surface area contributed by atoms with E-state index in [1.165, 1.54) is 0 Å². The Bertz CT molecular complexity index is 725. The van der Waals surface area contributed by atoms with Crippen molar-refractivity contribution in [1.82, 2.24) is 0 Å². The molecule has 4 nitrogen and oxygen atoms in total. The molecule has 0 aromatic heterocycles. The monoisotopic (exact) mass is 304 g/mol. The lowest BCUT2D eigenvalue weighted by Crippen LogP contribution is -2.16. The highest BCUT2D eigenvalue weighted by Crippen LogP contribution is 2.28. The maximum Gasteiger partial charge on any atom is 0.263 e. The third kappa shape index (κ3) is 3.36. The number of sulfonamides is 1. The van der Waals surface area contributed by atoms with Gasteiger partial charge in [0.25, 0.3) is 10.0 Å². The van der Waals surface area contributed by atoms with Crippen LogP contribution in [0.25, 0.3) is 0 Å². The highest BCUT2D eigenvalue weighted by molar-refractivity contribution is 7.92. The van der Waals surface area contributed by atoms with E-state index in [4.69, 9.17) is 0 Å². The van der Waals surface area contributed by atoms with Crippen LogP contribution in [0.4, 0.5) is 11.4 Å². The van der Waals surface area contributed by atoms with Crippen LogP contribution in [0.3, 0.4) is 0 Å². The van der Waals surface area contributed by atoms with Crippen molar-refractivity contribution >= 4 is 21.4 Å². The van der Waals surface area contributed by atoms with Crippen LogP contribution in [0, 0.1) is 0 Å². The Labute approximate surface area is 126 Å². The summed E-state index contributed by atoms with van der Waals surface area (Å²) in [6, 6.07) is 14.3. The standard InChI is InChI=1S/C16H20N2O2S/c1-12(2)13-8-4-5-9-14(13)18-21(19,20)16-11-7-6-10-15(16)17-3/h4-12,17-18H,1-3H3. The summed E-state index contributed by atoms with van der Waals surface area (Å²) in [5.74, 6) is 0.239. The van der Waals surface area contributed by atoms with Crippen LogP contribution in [-0.2, 0) is 10.0 Å². The minimum atomic E-state index is -3.62. The number of rotatable bonds is 5. The molecule has 0 bridgehead atoms. The summed E-state index contributed by atoms with van der Waals surface area (Å²) in [5.41, 5.74) is 2.17. The van der Waals surface area contributed by atoms with Crippen molar-refractivity contribution in [1.29, 1.82) is 0 Å². The number of anilines is 2. The molecule has 112 valence electrons. The summed E-state index contributed by atoms with van der Waals surface area (Å²) >= 11 is 0. The van der Waals surface area contributed by atoms with Crippen molar-refractivity contribution in [2.75, 3.05) is 17.1 Å². The summed E-state index contributed by atoms with van der Waals surface area (Å²) in [4.78, 5) is 0.242. The first-order chi connectivity index (χ1) is 9.95. The zero-order valence-electron chi connectivity index (χ0n) is 12.4. The van der Waals surface area contributed by atoms with Crippen LogP contribution in [0.15, 0.2) is 53.4 Å². The number of benzene rings is 2. The molecule has 0 heterocycles. The largest absolute Gasteiger partial charge is 0.387 e. The summed E-state index contributed by atoms with van der Waals surface area (Å²) in [6.45, 7) is 4.07. The summed E-state index contributed by atoms with van der Waals surface area (Å²) in [7, 11) is -1.92. The van der Waals surface area contributed by atoms with Crippen LogP contribution < -0.4 is 10.0 Å². The SMILES string of the molecule is CNc1ccccc1S(=O)(=O)Nc1ccccc1C(C)C. The Hall–Kier alpha value is -2.01. The van der Waals surface area contributed by atoms with Crippen molar-refractivity contribution in [2.24, 2.45) is 0 Å². The highest BCUT2D eigenvalue weighted by atomic mass is 32.2. The first kappa shape index (κ1) is 15.4. The van der Waals surface area contributed by atoms with Crippen LogP contribution in [-0.4, -0.2) is 15.5 Å². The molecule has 2 rings (SSSR count). The Morgan fingerprint density at radius 3 is 2.10 bits per heavy atom. The summed E-state index contributed by atoms with van der Waals surface area (Å²) < 4.78 is 27.9. The first-order valence-corrected chi connectivity index (χ1v) is 8.32. The van der Waals surface area contributed by atoms with Crippen LogP contribution in [0.1, 0.15) is 25.3 Å². The minimum absolute atomic E-state index is 0.239. The normalized spacial score (nSPS) is 11.4. The average molecular weight is 304 g/mol. The maximum atomic E-state index is 12.6. The zero-order chi connectivity index (χ0) is 15.5. The van der Waals surface area contributed by atoms with E-state index >= 15 is 0 Å². The number of hydrogen-bond acceptors (Lipinski definition) is 3. The zero-order valence-corrected chi connectivity index (χ0v) is 13.2. The van der Waals surface area contributed by atoms with Gasteiger partial charge in [0.05, 0.1) is 11.4 Å². The van der Waals surface area contributed by atoms with Crippen molar-refractivity contribution in [3.8, 4) is 0 Å². The van der Waals surface area contributed by atoms with Gasteiger partial charge in [-0.05, 0) is 29.7 Å².